The first-order valence-corrected chi connectivity index (χ1v) is 6.59. The molecule has 0 aliphatic carbocycles. The number of phenolic OH excluding ortho intramolecular Hbond substituents is 1. The number of hydrogen-bond acceptors (Lipinski definition) is 3. The van der Waals surface area contributed by atoms with Crippen LogP contribution in [0.4, 0.5) is 0 Å². The summed E-state index contributed by atoms with van der Waals surface area (Å²) in [5.74, 6) is 4.10. The third kappa shape index (κ3) is 2.84. The lowest BCUT2D eigenvalue weighted by molar-refractivity contribution is 0.0696. The van der Waals surface area contributed by atoms with Crippen molar-refractivity contribution in [2.24, 2.45) is 0 Å². The van der Waals surface area contributed by atoms with Crippen molar-refractivity contribution in [2.45, 2.75) is 13.8 Å². The Balaban J connectivity index is 2.50. The molecule has 110 valence electrons. The highest BCUT2D eigenvalue weighted by Gasteiger charge is 2.18. The van der Waals surface area contributed by atoms with Crippen molar-refractivity contribution in [1.29, 1.82) is 0 Å². The van der Waals surface area contributed by atoms with Crippen LogP contribution in [0.15, 0.2) is 36.4 Å². The standard InChI is InChI=1S/C18H14O4/c1-3-4-12-9-10-15(19)16(11(12)2)17(20)13-5-7-14(8-6-13)18(21)22/h5-10,19H,1-2H3,(H,21,22). The van der Waals surface area contributed by atoms with Crippen LogP contribution in [0.5, 0.6) is 5.75 Å². The smallest absolute Gasteiger partial charge is 0.335 e. The molecule has 0 saturated carbocycles. The second-order valence-corrected chi connectivity index (χ2v) is 4.72. The molecule has 2 aromatic carbocycles. The molecule has 2 N–H and O–H groups in total. The Morgan fingerprint density at radius 1 is 1.00 bits per heavy atom. The third-order valence-corrected chi connectivity index (χ3v) is 3.32. The number of aromatic carboxylic acids is 1. The van der Waals surface area contributed by atoms with Gasteiger partial charge in [-0.25, -0.2) is 4.79 Å². The van der Waals surface area contributed by atoms with E-state index in [-0.39, 0.29) is 22.7 Å². The molecule has 0 heterocycles. The number of carboxylic acid groups (broad SMARTS) is 1. The van der Waals surface area contributed by atoms with E-state index in [0.717, 1.165) is 0 Å². The van der Waals surface area contributed by atoms with Crippen LogP contribution in [-0.4, -0.2) is 22.0 Å². The van der Waals surface area contributed by atoms with E-state index in [4.69, 9.17) is 5.11 Å². The quantitative estimate of drug-likeness (QED) is 0.674. The van der Waals surface area contributed by atoms with Gasteiger partial charge in [0, 0.05) is 11.1 Å². The summed E-state index contributed by atoms with van der Waals surface area (Å²) < 4.78 is 0. The van der Waals surface area contributed by atoms with Crippen molar-refractivity contribution < 1.29 is 19.8 Å². The van der Waals surface area contributed by atoms with Gasteiger partial charge in [0.2, 0.25) is 0 Å². The van der Waals surface area contributed by atoms with Crippen molar-refractivity contribution >= 4 is 11.8 Å². The first kappa shape index (κ1) is 15.3. The number of rotatable bonds is 3. The fraction of sp³-hybridized carbons (Fsp3) is 0.111. The second-order valence-electron chi connectivity index (χ2n) is 4.72. The zero-order valence-electron chi connectivity index (χ0n) is 12.2. The number of benzene rings is 2. The molecule has 4 nitrogen and oxygen atoms in total. The number of carbonyl (C=O) groups excluding carboxylic acids is 1. The Morgan fingerprint density at radius 2 is 1.59 bits per heavy atom. The summed E-state index contributed by atoms with van der Waals surface area (Å²) in [5, 5.41) is 18.9. The van der Waals surface area contributed by atoms with Crippen LogP contribution in [-0.2, 0) is 0 Å². The molecular formula is C18H14O4. The van der Waals surface area contributed by atoms with Crippen molar-refractivity contribution in [2.75, 3.05) is 0 Å². The molecule has 0 spiro atoms. The van der Waals surface area contributed by atoms with Crippen LogP contribution >= 0.6 is 0 Å². The van der Waals surface area contributed by atoms with Gasteiger partial charge in [-0.15, -0.1) is 5.92 Å². The second kappa shape index (κ2) is 6.15. The number of carbonyl (C=O) groups is 2. The lowest BCUT2D eigenvalue weighted by Crippen LogP contribution is -2.06. The van der Waals surface area contributed by atoms with Crippen molar-refractivity contribution in [1.82, 2.24) is 0 Å². The van der Waals surface area contributed by atoms with Gasteiger partial charge in [0.05, 0.1) is 11.1 Å². The average Bonchev–Trinajstić information content (AvgIpc) is 2.50. The molecule has 0 aromatic heterocycles. The Bertz CT molecular complexity index is 805. The summed E-state index contributed by atoms with van der Waals surface area (Å²) in [7, 11) is 0. The third-order valence-electron chi connectivity index (χ3n) is 3.32. The molecule has 4 heteroatoms. The minimum Gasteiger partial charge on any atom is -0.507 e. The van der Waals surface area contributed by atoms with E-state index in [1.807, 2.05) is 0 Å². The predicted octanol–water partition coefficient (Wildman–Crippen LogP) is 3.00. The zero-order valence-corrected chi connectivity index (χ0v) is 12.2. The minimum atomic E-state index is -1.06. The molecule has 0 saturated heterocycles. The molecule has 0 fully saturated rings. The van der Waals surface area contributed by atoms with Gasteiger partial charge in [-0.2, -0.15) is 0 Å². The minimum absolute atomic E-state index is 0.100. The van der Waals surface area contributed by atoms with E-state index >= 15 is 0 Å². The highest BCUT2D eigenvalue weighted by Crippen LogP contribution is 2.26. The van der Waals surface area contributed by atoms with Gasteiger partial charge in [-0.1, -0.05) is 18.1 Å². The van der Waals surface area contributed by atoms with Gasteiger partial charge in [0.25, 0.3) is 0 Å². The molecule has 2 aromatic rings. The molecule has 22 heavy (non-hydrogen) atoms. The maximum absolute atomic E-state index is 12.6. The van der Waals surface area contributed by atoms with Gasteiger partial charge < -0.3 is 10.2 Å². The summed E-state index contributed by atoms with van der Waals surface area (Å²) in [5.41, 5.74) is 1.86. The molecule has 0 unspecified atom stereocenters. The first-order valence-electron chi connectivity index (χ1n) is 6.59. The number of aromatic hydroxyl groups is 1. The topological polar surface area (TPSA) is 74.6 Å². The van der Waals surface area contributed by atoms with Crippen LogP contribution in [0.3, 0.4) is 0 Å². The summed E-state index contributed by atoms with van der Waals surface area (Å²) in [6, 6.07) is 8.68. The van der Waals surface area contributed by atoms with E-state index in [0.29, 0.717) is 16.7 Å². The Hall–Kier alpha value is -3.06. The molecule has 0 aliphatic rings. The summed E-state index contributed by atoms with van der Waals surface area (Å²) in [4.78, 5) is 23.4. The Labute approximate surface area is 128 Å². The Kier molecular flexibility index (Phi) is 4.28. The molecule has 0 aliphatic heterocycles. The van der Waals surface area contributed by atoms with E-state index in [2.05, 4.69) is 11.8 Å². The van der Waals surface area contributed by atoms with Crippen LogP contribution in [0.25, 0.3) is 0 Å². The van der Waals surface area contributed by atoms with Gasteiger partial charge >= 0.3 is 5.97 Å². The Morgan fingerprint density at radius 3 is 2.14 bits per heavy atom. The van der Waals surface area contributed by atoms with Gasteiger partial charge in [0.15, 0.2) is 5.78 Å². The normalized spacial score (nSPS) is 9.73. The van der Waals surface area contributed by atoms with Gasteiger partial charge in [-0.3, -0.25) is 4.79 Å². The summed E-state index contributed by atoms with van der Waals surface area (Å²) in [6.45, 7) is 3.41. The lowest BCUT2D eigenvalue weighted by Gasteiger charge is -2.10. The molecule has 2 rings (SSSR count). The monoisotopic (exact) mass is 294 g/mol. The van der Waals surface area contributed by atoms with Crippen molar-refractivity contribution in [3.05, 3.63) is 64.2 Å². The van der Waals surface area contributed by atoms with Crippen LogP contribution in [0.2, 0.25) is 0 Å². The van der Waals surface area contributed by atoms with E-state index in [9.17, 15) is 14.7 Å². The van der Waals surface area contributed by atoms with Crippen molar-refractivity contribution in [3.63, 3.8) is 0 Å². The molecule has 0 amide bonds. The number of ketones is 1. The lowest BCUT2D eigenvalue weighted by atomic mass is 9.94. The fourth-order valence-electron chi connectivity index (χ4n) is 2.16. The van der Waals surface area contributed by atoms with E-state index < -0.39 is 5.97 Å². The molecule has 0 atom stereocenters. The van der Waals surface area contributed by atoms with Gasteiger partial charge in [-0.05, 0) is 43.7 Å². The van der Waals surface area contributed by atoms with Crippen molar-refractivity contribution in [3.8, 4) is 17.6 Å². The summed E-state index contributed by atoms with van der Waals surface area (Å²) in [6.07, 6.45) is 0. The molecular weight excluding hydrogens is 280 g/mol. The largest absolute Gasteiger partial charge is 0.507 e. The van der Waals surface area contributed by atoms with Gasteiger partial charge in [0.1, 0.15) is 5.75 Å². The maximum atomic E-state index is 12.6. The highest BCUT2D eigenvalue weighted by molar-refractivity contribution is 6.12. The van der Waals surface area contributed by atoms with Crippen LogP contribution < -0.4 is 0 Å². The zero-order chi connectivity index (χ0) is 16.3. The maximum Gasteiger partial charge on any atom is 0.335 e. The SMILES string of the molecule is CC#Cc1ccc(O)c(C(=O)c2ccc(C(=O)O)cc2)c1C. The van der Waals surface area contributed by atoms with E-state index in [1.54, 1.807) is 19.9 Å². The summed E-state index contributed by atoms with van der Waals surface area (Å²) >= 11 is 0. The van der Waals surface area contributed by atoms with E-state index in [1.165, 1.54) is 30.3 Å². The highest BCUT2D eigenvalue weighted by atomic mass is 16.4. The number of carboxylic acids is 1. The molecule has 0 bridgehead atoms. The van der Waals surface area contributed by atoms with Crippen LogP contribution in [0, 0.1) is 18.8 Å². The average molecular weight is 294 g/mol. The predicted molar refractivity (Wildman–Crippen MR) is 82.2 cm³/mol. The first-order chi connectivity index (χ1) is 10.5. The fourth-order valence-corrected chi connectivity index (χ4v) is 2.16. The number of hydrogen-bond donors (Lipinski definition) is 2. The molecule has 0 radical (unpaired) electrons. The number of phenols is 1. The van der Waals surface area contributed by atoms with Crippen LogP contribution in [0.1, 0.15) is 44.3 Å².